The van der Waals surface area contributed by atoms with Gasteiger partial charge < -0.3 is 15.0 Å². The highest BCUT2D eigenvalue weighted by molar-refractivity contribution is 5.80. The lowest BCUT2D eigenvalue weighted by atomic mass is 9.87. The predicted octanol–water partition coefficient (Wildman–Crippen LogP) is 2.80. The van der Waals surface area contributed by atoms with Crippen LogP contribution in [0.25, 0.3) is 0 Å². The molecule has 1 unspecified atom stereocenters. The quantitative estimate of drug-likeness (QED) is 0.682. The minimum absolute atomic E-state index is 0.288. The Balaban J connectivity index is 1.46. The van der Waals surface area contributed by atoms with Crippen LogP contribution in [0.1, 0.15) is 38.2 Å². The Kier molecular flexibility index (Phi) is 4.25. The normalized spacial score (nSPS) is 28.5. The molecule has 1 aliphatic carbocycles. The number of likely N-dealkylation sites (tertiary alicyclic amines) is 1. The highest BCUT2D eigenvalue weighted by Gasteiger charge is 2.45. The van der Waals surface area contributed by atoms with E-state index in [0.29, 0.717) is 5.41 Å². The lowest BCUT2D eigenvalue weighted by Gasteiger charge is -2.25. The number of aliphatic imine (C=N–C) groups is 1. The smallest absolute Gasteiger partial charge is 0.193 e. The number of benzene rings is 1. The standard InChI is InChI=1S/C20H29N3O/c1-2-21-18(23-12-10-19(15-23)11-13-24-16-19)22-14-20(8-9-20)17-6-4-3-5-7-17/h3-7H,2,8-16H2,1H3,(H,21,22). The molecule has 24 heavy (non-hydrogen) atoms. The van der Waals surface area contributed by atoms with Crippen molar-refractivity contribution < 1.29 is 4.74 Å². The van der Waals surface area contributed by atoms with E-state index in [-0.39, 0.29) is 5.41 Å². The number of hydrogen-bond donors (Lipinski definition) is 1. The summed E-state index contributed by atoms with van der Waals surface area (Å²) in [5.41, 5.74) is 2.12. The zero-order valence-corrected chi connectivity index (χ0v) is 14.8. The van der Waals surface area contributed by atoms with E-state index < -0.39 is 0 Å². The summed E-state index contributed by atoms with van der Waals surface area (Å²) in [5.74, 6) is 1.10. The Labute approximate surface area is 145 Å². The Hall–Kier alpha value is -1.55. The Morgan fingerprint density at radius 2 is 2.04 bits per heavy atom. The maximum Gasteiger partial charge on any atom is 0.193 e. The van der Waals surface area contributed by atoms with E-state index in [1.807, 2.05) is 0 Å². The third-order valence-electron chi connectivity index (χ3n) is 6.03. The number of nitrogens with zero attached hydrogens (tertiary/aromatic N) is 2. The molecule has 1 aromatic rings. The lowest BCUT2D eigenvalue weighted by Crippen LogP contribution is -2.42. The van der Waals surface area contributed by atoms with Gasteiger partial charge in [-0.1, -0.05) is 30.3 Å². The summed E-state index contributed by atoms with van der Waals surface area (Å²) in [6.45, 7) is 8.04. The third-order valence-corrected chi connectivity index (χ3v) is 6.03. The molecule has 0 radical (unpaired) electrons. The van der Waals surface area contributed by atoms with Crippen LogP contribution >= 0.6 is 0 Å². The van der Waals surface area contributed by atoms with E-state index in [1.165, 1.54) is 31.2 Å². The van der Waals surface area contributed by atoms with E-state index in [0.717, 1.165) is 45.4 Å². The first kappa shape index (κ1) is 15.9. The molecule has 0 aromatic heterocycles. The van der Waals surface area contributed by atoms with Crippen molar-refractivity contribution in [2.24, 2.45) is 10.4 Å². The van der Waals surface area contributed by atoms with E-state index in [9.17, 15) is 0 Å². The number of guanidine groups is 1. The molecule has 4 heteroatoms. The van der Waals surface area contributed by atoms with Crippen LogP contribution in [0.5, 0.6) is 0 Å². The topological polar surface area (TPSA) is 36.9 Å². The summed E-state index contributed by atoms with van der Waals surface area (Å²) >= 11 is 0. The summed E-state index contributed by atoms with van der Waals surface area (Å²) in [7, 11) is 0. The van der Waals surface area contributed by atoms with Crippen molar-refractivity contribution in [3.63, 3.8) is 0 Å². The summed E-state index contributed by atoms with van der Waals surface area (Å²) in [6.07, 6.45) is 4.97. The zero-order chi connectivity index (χ0) is 16.5. The molecule has 1 saturated carbocycles. The van der Waals surface area contributed by atoms with E-state index in [2.05, 4.69) is 47.5 Å². The summed E-state index contributed by atoms with van der Waals surface area (Å²) in [6, 6.07) is 10.9. The van der Waals surface area contributed by atoms with Crippen molar-refractivity contribution in [1.29, 1.82) is 0 Å². The van der Waals surface area contributed by atoms with Gasteiger partial charge in [-0.25, -0.2) is 0 Å². The first-order valence-corrected chi connectivity index (χ1v) is 9.42. The molecule has 4 nitrogen and oxygen atoms in total. The van der Waals surface area contributed by atoms with Gasteiger partial charge >= 0.3 is 0 Å². The lowest BCUT2D eigenvalue weighted by molar-refractivity contribution is 0.156. The van der Waals surface area contributed by atoms with Crippen molar-refractivity contribution in [3.8, 4) is 0 Å². The molecular formula is C20H29N3O. The number of rotatable bonds is 4. The number of ether oxygens (including phenoxy) is 1. The van der Waals surface area contributed by atoms with Crippen LogP contribution in [-0.2, 0) is 10.2 Å². The second-order valence-electron chi connectivity index (χ2n) is 7.79. The SMILES string of the molecule is CCNC(=NCC1(c2ccccc2)CC1)N1CCC2(CCOC2)C1. The maximum absolute atomic E-state index is 5.67. The molecule has 1 spiro atoms. The van der Waals surface area contributed by atoms with Gasteiger partial charge in [0.2, 0.25) is 0 Å². The molecule has 3 aliphatic rings. The first-order chi connectivity index (χ1) is 11.8. The molecule has 3 fully saturated rings. The van der Waals surface area contributed by atoms with E-state index >= 15 is 0 Å². The summed E-state index contributed by atoms with van der Waals surface area (Å²) in [4.78, 5) is 7.51. The van der Waals surface area contributed by atoms with Crippen molar-refractivity contribution in [2.75, 3.05) is 39.4 Å². The molecule has 2 aliphatic heterocycles. The van der Waals surface area contributed by atoms with Gasteiger partial charge in [0.05, 0.1) is 13.2 Å². The van der Waals surface area contributed by atoms with Crippen LogP contribution in [0.2, 0.25) is 0 Å². The van der Waals surface area contributed by atoms with Gasteiger partial charge in [-0.15, -0.1) is 0 Å². The fourth-order valence-corrected chi connectivity index (χ4v) is 4.22. The Morgan fingerprint density at radius 1 is 1.21 bits per heavy atom. The molecule has 1 atom stereocenters. The van der Waals surface area contributed by atoms with Crippen molar-refractivity contribution in [3.05, 3.63) is 35.9 Å². The zero-order valence-electron chi connectivity index (χ0n) is 14.8. The van der Waals surface area contributed by atoms with Gasteiger partial charge in [-0.3, -0.25) is 4.99 Å². The number of hydrogen-bond acceptors (Lipinski definition) is 2. The van der Waals surface area contributed by atoms with Crippen LogP contribution < -0.4 is 5.32 Å². The van der Waals surface area contributed by atoms with Crippen molar-refractivity contribution >= 4 is 5.96 Å². The van der Waals surface area contributed by atoms with Gasteiger partial charge in [0.25, 0.3) is 0 Å². The Bertz CT molecular complexity index is 588. The van der Waals surface area contributed by atoms with Gasteiger partial charge in [-0.05, 0) is 38.2 Å². The predicted molar refractivity (Wildman–Crippen MR) is 97.4 cm³/mol. The van der Waals surface area contributed by atoms with Crippen LogP contribution in [0.3, 0.4) is 0 Å². The molecule has 1 N–H and O–H groups in total. The average Bonchev–Trinajstić information content (AvgIpc) is 3.09. The van der Waals surface area contributed by atoms with E-state index in [4.69, 9.17) is 9.73 Å². The second kappa shape index (κ2) is 6.40. The average molecular weight is 327 g/mol. The van der Waals surface area contributed by atoms with Crippen LogP contribution in [0.15, 0.2) is 35.3 Å². The van der Waals surface area contributed by atoms with Crippen molar-refractivity contribution in [1.82, 2.24) is 10.2 Å². The van der Waals surface area contributed by atoms with E-state index in [1.54, 1.807) is 0 Å². The fourth-order valence-electron chi connectivity index (χ4n) is 4.22. The Morgan fingerprint density at radius 3 is 2.71 bits per heavy atom. The molecule has 2 heterocycles. The second-order valence-corrected chi connectivity index (χ2v) is 7.79. The molecule has 0 amide bonds. The highest BCUT2D eigenvalue weighted by atomic mass is 16.5. The van der Waals surface area contributed by atoms with Gasteiger partial charge in [0, 0.05) is 37.1 Å². The van der Waals surface area contributed by atoms with Gasteiger partial charge in [-0.2, -0.15) is 0 Å². The minimum atomic E-state index is 0.288. The van der Waals surface area contributed by atoms with Gasteiger partial charge in [0.15, 0.2) is 5.96 Å². The molecule has 4 rings (SSSR count). The maximum atomic E-state index is 5.67. The first-order valence-electron chi connectivity index (χ1n) is 9.42. The van der Waals surface area contributed by atoms with Gasteiger partial charge in [0.1, 0.15) is 0 Å². The van der Waals surface area contributed by atoms with Crippen LogP contribution in [0, 0.1) is 5.41 Å². The largest absolute Gasteiger partial charge is 0.381 e. The monoisotopic (exact) mass is 327 g/mol. The third kappa shape index (κ3) is 3.04. The summed E-state index contributed by atoms with van der Waals surface area (Å²) in [5, 5.41) is 3.52. The molecule has 1 aromatic carbocycles. The highest BCUT2D eigenvalue weighted by Crippen LogP contribution is 2.48. The summed E-state index contributed by atoms with van der Waals surface area (Å²) < 4.78 is 5.67. The molecule has 130 valence electrons. The molecule has 0 bridgehead atoms. The minimum Gasteiger partial charge on any atom is -0.381 e. The van der Waals surface area contributed by atoms with Crippen LogP contribution in [0.4, 0.5) is 0 Å². The van der Waals surface area contributed by atoms with Crippen molar-refractivity contribution in [2.45, 2.75) is 38.0 Å². The number of nitrogens with one attached hydrogen (secondary N) is 1. The van der Waals surface area contributed by atoms with Crippen LogP contribution in [-0.4, -0.2) is 50.3 Å². The fraction of sp³-hybridized carbons (Fsp3) is 0.650. The molecular weight excluding hydrogens is 298 g/mol. The molecule has 2 saturated heterocycles.